The number of carbonyl (C=O) groups is 3. The number of hydrogen-bond acceptors (Lipinski definition) is 21. The number of aliphatic hydroxyl groups is 2. The Morgan fingerprint density at radius 3 is 2.24 bits per heavy atom. The standard InChI is InChI=1S/C33H58N7O17P3S.Li/c1-4-5-6-7-8-9-10-11-12-13-24(42)61-17-16-35-23(41)14-15-36-31(45)28(44)33(2,3)19-54-60(51,52)57-59(49,50)53-18-22-27(56-58(46,47)48)26(43)32(55-22)40-21-39-25-29(34)37-20-38-30(25)40;/h20-22,26-28,32,43-44H,4-19H2,1-3H3,(H,35,41)(H,36,45)(H,49,50)(H,51,52)(H2,34,37,38)(H2,46,47,48);/q;+1/p-3. The number of imidazole rings is 1. The van der Waals surface area contributed by atoms with E-state index in [1.807, 2.05) is 0 Å². The molecule has 0 saturated carbocycles. The van der Waals surface area contributed by atoms with E-state index in [2.05, 4.69) is 50.4 Å². The second-order valence-corrected chi connectivity index (χ2v) is 20.1. The van der Waals surface area contributed by atoms with E-state index in [-0.39, 0.29) is 60.5 Å². The summed E-state index contributed by atoms with van der Waals surface area (Å²) in [6, 6.07) is 0. The van der Waals surface area contributed by atoms with Crippen LogP contribution in [-0.4, -0.2) is 108 Å². The zero-order valence-corrected chi connectivity index (χ0v) is 38.5. The van der Waals surface area contributed by atoms with Crippen molar-refractivity contribution in [2.75, 3.05) is 37.8 Å². The number of aromatic nitrogens is 4. The zero-order valence-electron chi connectivity index (χ0n) is 35.0. The molecule has 62 heavy (non-hydrogen) atoms. The molecule has 8 atom stereocenters. The first-order valence-electron chi connectivity index (χ1n) is 19.5. The van der Waals surface area contributed by atoms with Crippen molar-refractivity contribution in [1.82, 2.24) is 30.2 Å². The van der Waals surface area contributed by atoms with Crippen molar-refractivity contribution < 1.29 is 99.3 Å². The Balaban J connectivity index is 0.0000132. The van der Waals surface area contributed by atoms with Crippen LogP contribution in [0.5, 0.6) is 0 Å². The van der Waals surface area contributed by atoms with Crippen LogP contribution in [0.2, 0.25) is 0 Å². The Labute approximate surface area is 375 Å². The number of hydrogen-bond donors (Lipinski definition) is 6. The summed E-state index contributed by atoms with van der Waals surface area (Å²) in [6.07, 6.45) is 3.50. The molecule has 1 aliphatic heterocycles. The SMILES string of the molecule is CCCCCCCCCCCC(=O)SCCNC(=O)CCNC(=O)C(O)C(C)(C)COP(=O)([O-])OP(=O)([O-])OCC1OC(n2cnc3c(N)ncnc32)C(O)C1OP(=O)([O-])O.[Li+]. The zero-order chi connectivity index (χ0) is 45.4. The summed E-state index contributed by atoms with van der Waals surface area (Å²) in [5, 5.41) is 26.4. The minimum atomic E-state index is -5.90. The molecule has 1 saturated heterocycles. The number of fused-ring (bicyclic) bond motifs is 1. The maximum atomic E-state index is 12.6. The fourth-order valence-electron chi connectivity index (χ4n) is 5.93. The number of phosphoric acid groups is 3. The van der Waals surface area contributed by atoms with E-state index in [4.69, 9.17) is 10.5 Å². The van der Waals surface area contributed by atoms with Gasteiger partial charge in [-0.25, -0.2) is 19.3 Å². The van der Waals surface area contributed by atoms with Crippen LogP contribution in [0.3, 0.4) is 0 Å². The van der Waals surface area contributed by atoms with Gasteiger partial charge in [0.05, 0.1) is 19.5 Å². The molecule has 348 valence electrons. The van der Waals surface area contributed by atoms with Crippen LogP contribution in [0.1, 0.15) is 97.6 Å². The Morgan fingerprint density at radius 2 is 1.60 bits per heavy atom. The number of anilines is 1. The third kappa shape index (κ3) is 19.3. The van der Waals surface area contributed by atoms with Gasteiger partial charge in [-0.2, -0.15) is 0 Å². The van der Waals surface area contributed by atoms with E-state index in [0.29, 0.717) is 12.2 Å². The van der Waals surface area contributed by atoms with Crippen molar-refractivity contribution in [2.45, 2.75) is 122 Å². The van der Waals surface area contributed by atoms with Crippen molar-refractivity contribution >= 4 is 69.1 Å². The van der Waals surface area contributed by atoms with Gasteiger partial charge in [-0.15, -0.1) is 0 Å². The van der Waals surface area contributed by atoms with Gasteiger partial charge in [0.25, 0.3) is 23.5 Å². The summed E-state index contributed by atoms with van der Waals surface area (Å²) in [5.74, 6) is -1.11. The van der Waals surface area contributed by atoms with Crippen LogP contribution >= 0.6 is 35.2 Å². The topological polar surface area (TPSA) is 372 Å². The number of rotatable bonds is 29. The number of nitrogens with one attached hydrogen (secondary N) is 2. The first-order valence-corrected chi connectivity index (χ1v) is 25.0. The average molecular weight is 954 g/mol. The summed E-state index contributed by atoms with van der Waals surface area (Å²) in [6.45, 7) is 2.41. The van der Waals surface area contributed by atoms with Gasteiger partial charge in [-0.3, -0.25) is 32.6 Å². The molecule has 0 radical (unpaired) electrons. The predicted octanol–water partition coefficient (Wildman–Crippen LogP) is -2.31. The van der Waals surface area contributed by atoms with E-state index in [9.17, 15) is 57.9 Å². The molecule has 0 aromatic carbocycles. The van der Waals surface area contributed by atoms with E-state index in [1.165, 1.54) is 52.4 Å². The van der Waals surface area contributed by atoms with Crippen LogP contribution in [0, 0.1) is 5.41 Å². The number of thioether (sulfide) groups is 1. The third-order valence-corrected chi connectivity index (χ3v) is 13.2. The Kier molecular flexibility index (Phi) is 23.9. The van der Waals surface area contributed by atoms with Crippen molar-refractivity contribution in [2.24, 2.45) is 5.41 Å². The molecule has 3 heterocycles. The Bertz CT molecular complexity index is 1900. The van der Waals surface area contributed by atoms with E-state index >= 15 is 0 Å². The van der Waals surface area contributed by atoms with Gasteiger partial charge in [0, 0.05) is 37.1 Å². The normalized spacial score (nSPS) is 21.3. The Hall–Kier alpha value is -1.84. The first kappa shape index (κ1) is 56.3. The van der Waals surface area contributed by atoms with Crippen LogP contribution in [0.15, 0.2) is 12.7 Å². The molecule has 3 rings (SSSR count). The number of aliphatic hydroxyl groups excluding tert-OH is 2. The van der Waals surface area contributed by atoms with Crippen molar-refractivity contribution in [3.05, 3.63) is 12.7 Å². The first-order chi connectivity index (χ1) is 28.6. The Morgan fingerprint density at radius 1 is 0.968 bits per heavy atom. The van der Waals surface area contributed by atoms with Gasteiger partial charge >= 0.3 is 18.9 Å². The minimum absolute atomic E-state index is 0. The number of nitrogen functional groups attached to an aromatic ring is 1. The van der Waals surface area contributed by atoms with Gasteiger partial charge in [-0.05, 0) is 6.42 Å². The fraction of sp³-hybridized carbons (Fsp3) is 0.758. The molecule has 0 aliphatic carbocycles. The largest absolute Gasteiger partial charge is 1.00 e. The summed E-state index contributed by atoms with van der Waals surface area (Å²) in [7, 11) is -17.3. The maximum absolute atomic E-state index is 12.6. The smallest absolute Gasteiger partial charge is 0.756 e. The number of ether oxygens (including phenoxy) is 1. The minimum Gasteiger partial charge on any atom is -0.756 e. The molecule has 24 nitrogen and oxygen atoms in total. The fourth-order valence-corrected chi connectivity index (χ4v) is 9.39. The third-order valence-electron chi connectivity index (χ3n) is 9.23. The van der Waals surface area contributed by atoms with Gasteiger partial charge < -0.3 is 64.5 Å². The molecule has 2 aromatic rings. The molecule has 0 spiro atoms. The summed E-state index contributed by atoms with van der Waals surface area (Å²) in [4.78, 5) is 94.5. The average Bonchev–Trinajstić information content (AvgIpc) is 3.73. The molecule has 29 heteroatoms. The van der Waals surface area contributed by atoms with Crippen molar-refractivity contribution in [3.8, 4) is 0 Å². The van der Waals surface area contributed by atoms with Crippen molar-refractivity contribution in [1.29, 1.82) is 0 Å². The van der Waals surface area contributed by atoms with Crippen LogP contribution in [0.25, 0.3) is 11.2 Å². The summed E-state index contributed by atoms with van der Waals surface area (Å²) in [5.41, 5.74) is 4.13. The maximum Gasteiger partial charge on any atom is 1.00 e. The van der Waals surface area contributed by atoms with E-state index < -0.39 is 84.6 Å². The van der Waals surface area contributed by atoms with Crippen LogP contribution < -0.4 is 49.9 Å². The van der Waals surface area contributed by atoms with Crippen LogP contribution in [0.4, 0.5) is 5.82 Å². The quantitative estimate of drug-likeness (QED) is 0.0283. The monoisotopic (exact) mass is 953 g/mol. The number of carbonyl (C=O) groups excluding carboxylic acids is 3. The second-order valence-electron chi connectivity index (χ2n) is 14.8. The molecule has 1 aliphatic rings. The van der Waals surface area contributed by atoms with E-state index in [0.717, 1.165) is 48.2 Å². The number of amides is 2. The molecule has 2 aromatic heterocycles. The molecule has 8 unspecified atom stereocenters. The number of nitrogens with zero attached hydrogens (tertiary/aromatic N) is 4. The van der Waals surface area contributed by atoms with Gasteiger partial charge in [0.2, 0.25) is 11.8 Å². The molecule has 0 bridgehead atoms. The van der Waals surface area contributed by atoms with Gasteiger partial charge in [-0.1, -0.05) is 83.9 Å². The summed E-state index contributed by atoms with van der Waals surface area (Å²) < 4.78 is 61.0. The van der Waals surface area contributed by atoms with Gasteiger partial charge in [0.1, 0.15) is 36.3 Å². The van der Waals surface area contributed by atoms with Crippen molar-refractivity contribution in [3.63, 3.8) is 0 Å². The number of phosphoric ester groups is 3. The van der Waals surface area contributed by atoms with Gasteiger partial charge in [0.15, 0.2) is 22.8 Å². The molecular weight excluding hydrogens is 898 g/mol. The van der Waals surface area contributed by atoms with Crippen LogP contribution in [-0.2, 0) is 50.7 Å². The molecule has 1 fully saturated rings. The number of unbranched alkanes of at least 4 members (excludes halogenated alkanes) is 8. The molecular formula is C33H55LiN7O17P3S-2. The van der Waals surface area contributed by atoms with E-state index in [1.54, 1.807) is 0 Å². The second kappa shape index (κ2) is 26.3. The predicted molar refractivity (Wildman–Crippen MR) is 212 cm³/mol. The molecule has 2 amide bonds. The summed E-state index contributed by atoms with van der Waals surface area (Å²) >= 11 is 1.14. The molecule has 7 N–H and O–H groups in total. The number of nitrogens with two attached hydrogens (primary N) is 1.